The summed E-state index contributed by atoms with van der Waals surface area (Å²) in [5.74, 6) is -0.275. The maximum absolute atomic E-state index is 11.6. The largest absolute Gasteiger partial charge is 0.460 e. The molecule has 1 aliphatic rings. The molecule has 1 fully saturated rings. The number of piperazine rings is 1. The van der Waals surface area contributed by atoms with Gasteiger partial charge in [0.1, 0.15) is 11.3 Å². The molecular weight excluding hydrogens is 506 g/mol. The summed E-state index contributed by atoms with van der Waals surface area (Å²) >= 11 is 0. The zero-order chi connectivity index (χ0) is 27.5. The number of carbonyl (C=O) groups excluding carboxylic acids is 1. The van der Waals surface area contributed by atoms with Gasteiger partial charge in [0.25, 0.3) is 5.69 Å². The molecule has 0 atom stereocenters. The first-order chi connectivity index (χ1) is 17.3. The van der Waals surface area contributed by atoms with Gasteiger partial charge in [-0.1, -0.05) is 0 Å². The molecular formula is C23H39N5O8S. The molecule has 2 rings (SSSR count). The predicted molar refractivity (Wildman–Crippen MR) is 138 cm³/mol. The fourth-order valence-electron chi connectivity index (χ4n) is 3.64. The van der Waals surface area contributed by atoms with E-state index in [1.54, 1.807) is 0 Å². The lowest BCUT2D eigenvalue weighted by Crippen LogP contribution is -2.48. The molecule has 0 aliphatic carbocycles. The lowest BCUT2D eigenvalue weighted by atomic mass is 10.2. The van der Waals surface area contributed by atoms with Gasteiger partial charge in [0, 0.05) is 51.9 Å². The van der Waals surface area contributed by atoms with Crippen LogP contribution in [0.15, 0.2) is 23.1 Å². The Hall–Kier alpha value is -2.36. The van der Waals surface area contributed by atoms with E-state index < -0.39 is 20.5 Å². The van der Waals surface area contributed by atoms with Crippen molar-refractivity contribution < 1.29 is 32.3 Å². The number of nitrogens with one attached hydrogen (secondary N) is 1. The van der Waals surface area contributed by atoms with Crippen LogP contribution in [-0.4, -0.2) is 107 Å². The number of nitrogens with two attached hydrogens (primary N) is 1. The van der Waals surface area contributed by atoms with Crippen molar-refractivity contribution in [3.05, 3.63) is 28.3 Å². The Morgan fingerprint density at radius 1 is 1.05 bits per heavy atom. The lowest BCUT2D eigenvalue weighted by molar-refractivity contribution is -0.384. The average molecular weight is 546 g/mol. The third-order valence-electron chi connectivity index (χ3n) is 5.50. The maximum atomic E-state index is 11.6. The minimum atomic E-state index is -4.02. The molecule has 0 saturated carbocycles. The molecule has 0 spiro atoms. The Bertz CT molecular complexity index is 991. The van der Waals surface area contributed by atoms with Gasteiger partial charge in [0.05, 0.1) is 42.7 Å². The molecule has 37 heavy (non-hydrogen) atoms. The lowest BCUT2D eigenvalue weighted by Gasteiger charge is -2.34. The fourth-order valence-corrected chi connectivity index (χ4v) is 4.17. The number of benzene rings is 1. The topological polar surface area (TPSA) is 167 Å². The van der Waals surface area contributed by atoms with Crippen molar-refractivity contribution in [2.75, 3.05) is 77.6 Å². The minimum absolute atomic E-state index is 0.221. The summed E-state index contributed by atoms with van der Waals surface area (Å²) in [6.07, 6.45) is 0.221. The number of anilines is 1. The molecule has 210 valence electrons. The second-order valence-corrected chi connectivity index (χ2v) is 11.2. The van der Waals surface area contributed by atoms with Crippen LogP contribution in [0.5, 0.6) is 0 Å². The van der Waals surface area contributed by atoms with Crippen molar-refractivity contribution in [1.29, 1.82) is 0 Å². The monoisotopic (exact) mass is 545 g/mol. The summed E-state index contributed by atoms with van der Waals surface area (Å²) in [4.78, 5) is 26.6. The number of esters is 1. The van der Waals surface area contributed by atoms with Crippen molar-refractivity contribution >= 4 is 27.4 Å². The molecule has 3 N–H and O–H groups in total. The van der Waals surface area contributed by atoms with E-state index in [1.165, 1.54) is 12.1 Å². The number of nitrogens with zero attached hydrogens (tertiary/aromatic N) is 3. The van der Waals surface area contributed by atoms with Crippen LogP contribution in [0.1, 0.15) is 27.2 Å². The van der Waals surface area contributed by atoms with Crippen LogP contribution < -0.4 is 10.5 Å². The Balaban J connectivity index is 1.56. The maximum Gasteiger partial charge on any atom is 0.308 e. The summed E-state index contributed by atoms with van der Waals surface area (Å²) in [6.45, 7) is 12.8. The van der Waals surface area contributed by atoms with Gasteiger partial charge in [0.2, 0.25) is 10.0 Å². The number of primary sulfonamides is 1. The number of ether oxygens (including phenoxy) is 3. The zero-order valence-electron chi connectivity index (χ0n) is 21.8. The second kappa shape index (κ2) is 14.5. The van der Waals surface area contributed by atoms with Gasteiger partial charge in [0.15, 0.2) is 0 Å². The number of sulfonamides is 1. The number of hydrogen-bond acceptors (Lipinski definition) is 11. The van der Waals surface area contributed by atoms with Crippen molar-refractivity contribution in [1.82, 2.24) is 9.80 Å². The highest BCUT2D eigenvalue weighted by Gasteiger charge is 2.20. The SMILES string of the molecule is CC(C)(C)OC(=O)CCOCCOCCN1CCN(CCNc2ccc(S(N)(=O)=O)cc2[N+](=O)[O-])CC1. The van der Waals surface area contributed by atoms with Crippen LogP contribution in [0.4, 0.5) is 11.4 Å². The van der Waals surface area contributed by atoms with E-state index in [4.69, 9.17) is 19.3 Å². The highest BCUT2D eigenvalue weighted by molar-refractivity contribution is 7.89. The summed E-state index contributed by atoms with van der Waals surface area (Å²) < 4.78 is 39.2. The summed E-state index contributed by atoms with van der Waals surface area (Å²) in [7, 11) is -4.02. The van der Waals surface area contributed by atoms with E-state index in [-0.39, 0.29) is 28.7 Å². The molecule has 1 aliphatic heterocycles. The van der Waals surface area contributed by atoms with Gasteiger partial charge >= 0.3 is 5.97 Å². The quantitative estimate of drug-likeness (QED) is 0.140. The molecule has 0 bridgehead atoms. The number of nitro benzene ring substituents is 1. The molecule has 14 heteroatoms. The van der Waals surface area contributed by atoms with Crippen LogP contribution >= 0.6 is 0 Å². The molecule has 1 saturated heterocycles. The van der Waals surface area contributed by atoms with E-state index in [0.29, 0.717) is 39.5 Å². The van der Waals surface area contributed by atoms with Gasteiger partial charge in [-0.25, -0.2) is 13.6 Å². The third-order valence-corrected chi connectivity index (χ3v) is 6.41. The van der Waals surface area contributed by atoms with E-state index in [0.717, 1.165) is 38.8 Å². The summed E-state index contributed by atoms with van der Waals surface area (Å²) in [5.41, 5.74) is -0.565. The van der Waals surface area contributed by atoms with E-state index in [9.17, 15) is 23.3 Å². The standard InChI is InChI=1S/C23H39N5O8S/c1-23(2,3)36-22(29)6-14-34-16-17-35-15-13-27-11-9-26(10-12-27)8-7-25-20-5-4-19(37(24,32)33)18-21(20)28(30)31/h4-5,18,25H,6-17H2,1-3H3,(H2,24,32,33). The molecule has 1 heterocycles. The first-order valence-electron chi connectivity index (χ1n) is 12.2. The average Bonchev–Trinajstić information content (AvgIpc) is 2.80. The van der Waals surface area contributed by atoms with Crippen LogP contribution in [0.2, 0.25) is 0 Å². The predicted octanol–water partition coefficient (Wildman–Crippen LogP) is 1.04. The van der Waals surface area contributed by atoms with Crippen LogP contribution in [0.3, 0.4) is 0 Å². The molecule has 1 aromatic rings. The molecule has 0 radical (unpaired) electrons. The Kier molecular flexibility index (Phi) is 12.1. The van der Waals surface area contributed by atoms with Gasteiger partial charge in [-0.15, -0.1) is 0 Å². The van der Waals surface area contributed by atoms with Crippen molar-refractivity contribution in [3.8, 4) is 0 Å². The highest BCUT2D eigenvalue weighted by atomic mass is 32.2. The van der Waals surface area contributed by atoms with Gasteiger partial charge in [-0.3, -0.25) is 24.7 Å². The third kappa shape index (κ3) is 12.2. The fraction of sp³-hybridized carbons (Fsp3) is 0.696. The van der Waals surface area contributed by atoms with E-state index in [1.807, 2.05) is 20.8 Å². The van der Waals surface area contributed by atoms with Crippen LogP contribution in [-0.2, 0) is 29.0 Å². The zero-order valence-corrected chi connectivity index (χ0v) is 22.6. The molecule has 1 aromatic carbocycles. The molecule has 0 aromatic heterocycles. The molecule has 0 amide bonds. The summed E-state index contributed by atoms with van der Waals surface area (Å²) in [6, 6.07) is 3.58. The Morgan fingerprint density at radius 3 is 2.22 bits per heavy atom. The van der Waals surface area contributed by atoms with Crippen molar-refractivity contribution in [3.63, 3.8) is 0 Å². The van der Waals surface area contributed by atoms with Gasteiger partial charge in [-0.2, -0.15) is 0 Å². The van der Waals surface area contributed by atoms with E-state index in [2.05, 4.69) is 15.1 Å². The van der Waals surface area contributed by atoms with Crippen molar-refractivity contribution in [2.45, 2.75) is 37.7 Å². The minimum Gasteiger partial charge on any atom is -0.460 e. The number of nitro groups is 1. The number of carbonyl (C=O) groups is 1. The van der Waals surface area contributed by atoms with Gasteiger partial charge in [-0.05, 0) is 32.9 Å². The molecule has 13 nitrogen and oxygen atoms in total. The van der Waals surface area contributed by atoms with Crippen LogP contribution in [0, 0.1) is 10.1 Å². The normalized spacial score (nSPS) is 15.5. The van der Waals surface area contributed by atoms with Crippen LogP contribution in [0.25, 0.3) is 0 Å². The number of hydrogen-bond donors (Lipinski definition) is 2. The van der Waals surface area contributed by atoms with E-state index >= 15 is 0 Å². The highest BCUT2D eigenvalue weighted by Crippen LogP contribution is 2.27. The summed E-state index contributed by atoms with van der Waals surface area (Å²) in [5, 5.41) is 19.4. The molecule has 0 unspecified atom stereocenters. The Morgan fingerprint density at radius 2 is 1.65 bits per heavy atom. The first kappa shape index (κ1) is 30.9. The number of rotatable bonds is 15. The van der Waals surface area contributed by atoms with Crippen molar-refractivity contribution in [2.24, 2.45) is 5.14 Å². The smallest absolute Gasteiger partial charge is 0.308 e. The Labute approximate surface area is 218 Å². The second-order valence-electron chi connectivity index (χ2n) is 9.65. The first-order valence-corrected chi connectivity index (χ1v) is 13.8. The van der Waals surface area contributed by atoms with Gasteiger partial charge < -0.3 is 19.5 Å².